The van der Waals surface area contributed by atoms with E-state index in [0.717, 1.165) is 35.3 Å². The molecule has 5 heteroatoms. The Kier molecular flexibility index (Phi) is 4.45. The highest BCUT2D eigenvalue weighted by Crippen LogP contribution is 2.33. The highest BCUT2D eigenvalue weighted by Gasteiger charge is 2.19. The summed E-state index contributed by atoms with van der Waals surface area (Å²) in [4.78, 5) is 4.51. The van der Waals surface area contributed by atoms with Crippen molar-refractivity contribution in [1.29, 1.82) is 0 Å². The van der Waals surface area contributed by atoms with E-state index in [1.54, 1.807) is 0 Å². The van der Waals surface area contributed by atoms with Crippen molar-refractivity contribution in [1.82, 2.24) is 10.1 Å². The molecule has 0 atom stereocenters. The summed E-state index contributed by atoms with van der Waals surface area (Å²) in [5.74, 6) is 1.75. The summed E-state index contributed by atoms with van der Waals surface area (Å²) >= 11 is 6.40. The first-order valence-electron chi connectivity index (χ1n) is 8.57. The van der Waals surface area contributed by atoms with Crippen LogP contribution in [0.15, 0.2) is 47.0 Å². The van der Waals surface area contributed by atoms with Crippen LogP contribution in [0.5, 0.6) is 5.75 Å². The van der Waals surface area contributed by atoms with Crippen molar-refractivity contribution in [3.63, 3.8) is 0 Å². The summed E-state index contributed by atoms with van der Waals surface area (Å²) < 4.78 is 11.4. The van der Waals surface area contributed by atoms with Crippen molar-refractivity contribution >= 4 is 11.6 Å². The van der Waals surface area contributed by atoms with Gasteiger partial charge in [0.15, 0.2) is 0 Å². The van der Waals surface area contributed by atoms with Gasteiger partial charge in [-0.2, -0.15) is 4.98 Å². The van der Waals surface area contributed by atoms with E-state index >= 15 is 0 Å². The molecule has 2 aromatic carbocycles. The Labute approximate surface area is 151 Å². The van der Waals surface area contributed by atoms with Crippen LogP contribution < -0.4 is 4.74 Å². The van der Waals surface area contributed by atoms with Gasteiger partial charge in [-0.1, -0.05) is 35.0 Å². The van der Waals surface area contributed by atoms with Crippen LogP contribution in [-0.2, 0) is 0 Å². The normalized spacial score (nSPS) is 14.8. The van der Waals surface area contributed by atoms with Crippen LogP contribution in [0.25, 0.3) is 22.8 Å². The van der Waals surface area contributed by atoms with E-state index in [2.05, 4.69) is 10.1 Å². The van der Waals surface area contributed by atoms with Crippen LogP contribution in [0.3, 0.4) is 0 Å². The molecule has 0 aliphatic heterocycles. The van der Waals surface area contributed by atoms with Crippen LogP contribution in [0.4, 0.5) is 0 Å². The summed E-state index contributed by atoms with van der Waals surface area (Å²) in [5.41, 5.74) is 2.84. The number of rotatable bonds is 4. The molecule has 4 nitrogen and oxygen atoms in total. The Hall–Kier alpha value is -2.33. The molecule has 0 spiro atoms. The van der Waals surface area contributed by atoms with Crippen molar-refractivity contribution in [3.05, 3.63) is 53.1 Å². The summed E-state index contributed by atoms with van der Waals surface area (Å²) in [7, 11) is 0. The number of aromatic nitrogens is 2. The van der Waals surface area contributed by atoms with Gasteiger partial charge in [0, 0.05) is 11.1 Å². The Morgan fingerprint density at radius 3 is 2.68 bits per heavy atom. The van der Waals surface area contributed by atoms with Crippen LogP contribution >= 0.6 is 11.6 Å². The second-order valence-corrected chi connectivity index (χ2v) is 6.81. The number of aryl methyl sites for hydroxylation is 1. The number of hydrogen-bond acceptors (Lipinski definition) is 4. The fourth-order valence-electron chi connectivity index (χ4n) is 3.18. The topological polar surface area (TPSA) is 48.2 Å². The highest BCUT2D eigenvalue weighted by atomic mass is 35.5. The molecule has 0 amide bonds. The average Bonchev–Trinajstić information content (AvgIpc) is 3.29. The SMILES string of the molecule is Cc1ccccc1-c1nc(-c2ccc(OC3CCCC3)c(Cl)c2)no1. The third-order valence-corrected chi connectivity index (χ3v) is 4.88. The minimum Gasteiger partial charge on any atom is -0.489 e. The zero-order chi connectivity index (χ0) is 17.2. The fourth-order valence-corrected chi connectivity index (χ4v) is 3.41. The van der Waals surface area contributed by atoms with Gasteiger partial charge in [0.2, 0.25) is 5.82 Å². The molecule has 0 unspecified atom stereocenters. The lowest BCUT2D eigenvalue weighted by Crippen LogP contribution is -2.11. The number of nitrogens with zero attached hydrogens (tertiary/aromatic N) is 2. The van der Waals surface area contributed by atoms with Crippen molar-refractivity contribution in [2.24, 2.45) is 0 Å². The van der Waals surface area contributed by atoms with Crippen molar-refractivity contribution in [2.45, 2.75) is 38.7 Å². The summed E-state index contributed by atoms with van der Waals surface area (Å²) in [6.07, 6.45) is 4.93. The molecule has 128 valence electrons. The van der Waals surface area contributed by atoms with Gasteiger partial charge in [-0.25, -0.2) is 0 Å². The van der Waals surface area contributed by atoms with Crippen LogP contribution in [0, 0.1) is 6.92 Å². The minimum absolute atomic E-state index is 0.279. The number of benzene rings is 2. The first-order valence-corrected chi connectivity index (χ1v) is 8.95. The molecular formula is C20H19ClN2O2. The highest BCUT2D eigenvalue weighted by molar-refractivity contribution is 6.32. The Bertz CT molecular complexity index is 885. The van der Waals surface area contributed by atoms with Gasteiger partial charge in [-0.15, -0.1) is 0 Å². The number of ether oxygens (including phenoxy) is 1. The predicted octanol–water partition coefficient (Wildman–Crippen LogP) is 5.69. The van der Waals surface area contributed by atoms with Gasteiger partial charge in [-0.3, -0.25) is 0 Å². The number of halogens is 1. The molecule has 1 heterocycles. The van der Waals surface area contributed by atoms with E-state index in [0.29, 0.717) is 16.7 Å². The quantitative estimate of drug-likeness (QED) is 0.604. The Balaban J connectivity index is 1.58. The van der Waals surface area contributed by atoms with Crippen molar-refractivity contribution < 1.29 is 9.26 Å². The molecule has 0 bridgehead atoms. The second-order valence-electron chi connectivity index (χ2n) is 6.41. The molecule has 1 aliphatic carbocycles. The molecule has 0 N–H and O–H groups in total. The molecular weight excluding hydrogens is 336 g/mol. The molecule has 1 saturated carbocycles. The fraction of sp³-hybridized carbons (Fsp3) is 0.300. The lowest BCUT2D eigenvalue weighted by molar-refractivity contribution is 0.210. The first kappa shape index (κ1) is 16.2. The maximum atomic E-state index is 6.40. The lowest BCUT2D eigenvalue weighted by atomic mass is 10.1. The molecule has 1 fully saturated rings. The van der Waals surface area contributed by atoms with E-state index < -0.39 is 0 Å². The van der Waals surface area contributed by atoms with Gasteiger partial charge in [0.25, 0.3) is 5.89 Å². The van der Waals surface area contributed by atoms with E-state index in [9.17, 15) is 0 Å². The molecule has 25 heavy (non-hydrogen) atoms. The largest absolute Gasteiger partial charge is 0.489 e. The first-order chi connectivity index (χ1) is 12.2. The third-order valence-electron chi connectivity index (χ3n) is 4.59. The van der Waals surface area contributed by atoms with Crippen LogP contribution in [-0.4, -0.2) is 16.2 Å². The smallest absolute Gasteiger partial charge is 0.258 e. The average molecular weight is 355 g/mol. The Morgan fingerprint density at radius 1 is 1.12 bits per heavy atom. The zero-order valence-corrected chi connectivity index (χ0v) is 14.8. The van der Waals surface area contributed by atoms with Crippen molar-refractivity contribution in [3.8, 4) is 28.6 Å². The van der Waals surface area contributed by atoms with Crippen LogP contribution in [0.2, 0.25) is 5.02 Å². The van der Waals surface area contributed by atoms with Gasteiger partial charge in [0.05, 0.1) is 11.1 Å². The molecule has 4 rings (SSSR count). The lowest BCUT2D eigenvalue weighted by Gasteiger charge is -2.14. The molecule has 1 aliphatic rings. The summed E-state index contributed by atoms with van der Waals surface area (Å²) in [5, 5.41) is 4.67. The maximum Gasteiger partial charge on any atom is 0.258 e. The Morgan fingerprint density at radius 2 is 1.92 bits per heavy atom. The van der Waals surface area contributed by atoms with Crippen LogP contribution in [0.1, 0.15) is 31.2 Å². The van der Waals surface area contributed by atoms with Gasteiger partial charge in [-0.05, 0) is 62.4 Å². The van der Waals surface area contributed by atoms with Gasteiger partial charge >= 0.3 is 0 Å². The summed E-state index contributed by atoms with van der Waals surface area (Å²) in [6, 6.07) is 13.6. The predicted molar refractivity (Wildman–Crippen MR) is 97.8 cm³/mol. The standard InChI is InChI=1S/C20H19ClN2O2/c1-13-6-2-5-9-16(13)20-22-19(23-25-20)14-10-11-18(17(21)12-14)24-15-7-3-4-8-15/h2,5-6,9-12,15H,3-4,7-8H2,1H3. The maximum absolute atomic E-state index is 6.40. The second kappa shape index (κ2) is 6.89. The zero-order valence-electron chi connectivity index (χ0n) is 14.0. The van der Waals surface area contributed by atoms with Gasteiger partial charge < -0.3 is 9.26 Å². The molecule has 0 radical (unpaired) electrons. The monoisotopic (exact) mass is 354 g/mol. The number of hydrogen-bond donors (Lipinski definition) is 0. The molecule has 0 saturated heterocycles. The summed E-state index contributed by atoms with van der Waals surface area (Å²) in [6.45, 7) is 2.02. The van der Waals surface area contributed by atoms with Gasteiger partial charge in [0.1, 0.15) is 5.75 Å². The van der Waals surface area contributed by atoms with E-state index in [4.69, 9.17) is 20.9 Å². The van der Waals surface area contributed by atoms with E-state index in [1.807, 2.05) is 49.4 Å². The molecule has 3 aromatic rings. The van der Waals surface area contributed by atoms with E-state index in [-0.39, 0.29) is 6.10 Å². The molecule has 1 aromatic heterocycles. The third kappa shape index (κ3) is 3.40. The van der Waals surface area contributed by atoms with E-state index in [1.165, 1.54) is 12.8 Å². The minimum atomic E-state index is 0.279. The van der Waals surface area contributed by atoms with Crippen molar-refractivity contribution in [2.75, 3.05) is 0 Å².